The van der Waals surface area contributed by atoms with E-state index in [0.717, 1.165) is 0 Å². The minimum absolute atomic E-state index is 0. The zero-order chi connectivity index (χ0) is 17.3. The summed E-state index contributed by atoms with van der Waals surface area (Å²) < 4.78 is 75.0. The molecule has 0 heterocycles. The van der Waals surface area contributed by atoms with E-state index in [1.54, 1.807) is 12.1 Å². The summed E-state index contributed by atoms with van der Waals surface area (Å²) in [4.78, 5) is 17.6. The van der Waals surface area contributed by atoms with E-state index in [4.69, 9.17) is 19.8 Å². The van der Waals surface area contributed by atoms with Crippen molar-refractivity contribution < 1.29 is 50.5 Å². The Morgan fingerprint density at radius 3 is 1.35 bits per heavy atom. The quantitative estimate of drug-likeness (QED) is 0.352. The van der Waals surface area contributed by atoms with E-state index in [1.165, 1.54) is 12.1 Å². The van der Waals surface area contributed by atoms with Crippen LogP contribution in [0.5, 0.6) is 0 Å². The molecule has 0 atom stereocenters. The van der Waals surface area contributed by atoms with Crippen LogP contribution in [0.2, 0.25) is 0 Å². The molecular weight excluding hydrogens is 536 g/mol. The third-order valence-corrected chi connectivity index (χ3v) is 1.13. The van der Waals surface area contributed by atoms with Gasteiger partial charge in [-0.05, 0) is 18.2 Å². The Balaban J connectivity index is -0.000000113. The maximum Gasteiger partial charge on any atom is 2.00 e. The molecule has 0 saturated heterocycles. The van der Waals surface area contributed by atoms with Gasteiger partial charge in [0.05, 0.1) is 0 Å². The number of hydrogen-bond acceptors (Lipinski definition) is 4. The average molecular weight is 544 g/mol. The van der Waals surface area contributed by atoms with E-state index < -0.39 is 24.3 Å². The Morgan fingerprint density at radius 2 is 1.26 bits per heavy atom. The second-order valence-electron chi connectivity index (χ2n) is 2.79. The molecule has 23 heavy (non-hydrogen) atoms. The van der Waals surface area contributed by atoms with E-state index in [2.05, 4.69) is 6.07 Å². The number of benzene rings is 1. The molecule has 0 aliphatic rings. The molecule has 129 valence electrons. The third-order valence-electron chi connectivity index (χ3n) is 1.13. The summed E-state index contributed by atoms with van der Waals surface area (Å²) in [7, 11) is 0. The summed E-state index contributed by atoms with van der Waals surface area (Å²) in [5, 5.41) is 17.6. The number of carboxylic acid groups (broad SMARTS) is 2. The van der Waals surface area contributed by atoms with Crippen molar-refractivity contribution in [1.82, 2.24) is 0 Å². The van der Waals surface area contributed by atoms with Gasteiger partial charge in [0.25, 0.3) is 0 Å². The minimum Gasteiger partial charge on any atom is -0.542 e. The standard InChI is InChI=1S/C6H4F.2C2HF3O2.CH4.Pb/c7-6-4-2-1-3-5-6;2*3-2(4,5)1(6)7;;/h1-2,4-5H;2*(H,6,7);1H4;/q;;;;+2/p-2. The Labute approximate surface area is 146 Å². The van der Waals surface area contributed by atoms with Gasteiger partial charge in [-0.1, -0.05) is 19.6 Å². The van der Waals surface area contributed by atoms with Crippen molar-refractivity contribution in [2.45, 2.75) is 19.8 Å². The first kappa shape index (κ1) is 29.6. The number of carbonyl (C=O) groups is 2. The summed E-state index contributed by atoms with van der Waals surface area (Å²) in [6.45, 7) is 0. The number of carboxylic acids is 2. The zero-order valence-corrected chi connectivity index (χ0v) is 14.0. The van der Waals surface area contributed by atoms with Gasteiger partial charge >= 0.3 is 39.7 Å². The van der Waals surface area contributed by atoms with Crippen LogP contribution in [-0.2, 0) is 9.59 Å². The molecule has 1 aromatic carbocycles. The van der Waals surface area contributed by atoms with Gasteiger partial charge in [-0.25, -0.2) is 4.39 Å². The SMILES string of the molecule is C.Fc1c[c]ccc1.O=C([O-])C(F)(F)F.O=C([O-])C(F)(F)F.[Pb+2]. The summed E-state index contributed by atoms with van der Waals surface area (Å²) in [5.41, 5.74) is 0. The van der Waals surface area contributed by atoms with Crippen LogP contribution in [0.4, 0.5) is 30.7 Å². The molecule has 0 aliphatic heterocycles. The number of carbonyl (C=O) groups excluding carboxylic acids is 2. The van der Waals surface area contributed by atoms with Crippen LogP contribution in [0.25, 0.3) is 0 Å². The summed E-state index contributed by atoms with van der Waals surface area (Å²) in [6.07, 6.45) is -10.4. The first-order chi connectivity index (χ1) is 9.28. The number of hydrogen-bond donors (Lipinski definition) is 0. The molecule has 0 aromatic heterocycles. The number of aliphatic carboxylic acids is 2. The predicted molar refractivity (Wildman–Crippen MR) is 59.8 cm³/mol. The van der Waals surface area contributed by atoms with Gasteiger partial charge in [-0.3, -0.25) is 0 Å². The number of halogens is 7. The topological polar surface area (TPSA) is 80.3 Å². The van der Waals surface area contributed by atoms with Gasteiger partial charge in [0.1, 0.15) is 17.8 Å². The number of alkyl halides is 6. The first-order valence-electron chi connectivity index (χ1n) is 4.46. The van der Waals surface area contributed by atoms with Crippen molar-refractivity contribution in [3.8, 4) is 0 Å². The fourth-order valence-corrected chi connectivity index (χ4v) is 0.371. The second kappa shape index (κ2) is 13.1. The Hall–Kier alpha value is -1.41. The Kier molecular flexibility index (Phi) is 16.8. The van der Waals surface area contributed by atoms with Crippen LogP contribution in [0.15, 0.2) is 24.3 Å². The minimum atomic E-state index is -5.19. The monoisotopic (exact) mass is 545 g/mol. The fraction of sp³-hybridized carbons (Fsp3) is 0.273. The molecule has 0 spiro atoms. The molecule has 0 N–H and O–H groups in total. The maximum absolute atomic E-state index is 11.9. The molecule has 3 radical (unpaired) electrons. The number of rotatable bonds is 0. The van der Waals surface area contributed by atoms with Crippen LogP contribution in [-0.4, -0.2) is 51.6 Å². The molecule has 1 aromatic rings. The van der Waals surface area contributed by atoms with Crippen LogP contribution < -0.4 is 10.2 Å². The molecular formula is C11H8F7O4Pb. The summed E-state index contributed by atoms with van der Waals surface area (Å²) in [6, 6.07) is 8.53. The van der Waals surface area contributed by atoms with Crippen molar-refractivity contribution in [2.24, 2.45) is 0 Å². The van der Waals surface area contributed by atoms with Gasteiger partial charge in [-0.2, -0.15) is 26.3 Å². The smallest absolute Gasteiger partial charge is 0.542 e. The molecule has 4 nitrogen and oxygen atoms in total. The summed E-state index contributed by atoms with van der Waals surface area (Å²) in [5.74, 6) is -6.25. The van der Waals surface area contributed by atoms with Crippen molar-refractivity contribution >= 4 is 39.2 Å². The second-order valence-corrected chi connectivity index (χ2v) is 2.79. The van der Waals surface area contributed by atoms with Gasteiger partial charge in [-0.15, -0.1) is 0 Å². The molecule has 0 fully saturated rings. The van der Waals surface area contributed by atoms with Crippen LogP contribution in [0, 0.1) is 11.9 Å². The van der Waals surface area contributed by atoms with Gasteiger partial charge in [0, 0.05) is 0 Å². The van der Waals surface area contributed by atoms with Crippen molar-refractivity contribution in [3.63, 3.8) is 0 Å². The molecule has 1 rings (SSSR count). The van der Waals surface area contributed by atoms with Crippen LogP contribution in [0.3, 0.4) is 0 Å². The normalized spacial score (nSPS) is 9.52. The molecule has 12 heteroatoms. The molecule has 0 unspecified atom stereocenters. The molecule has 0 amide bonds. The largest absolute Gasteiger partial charge is 2.00 e. The Bertz CT molecular complexity index is 422. The van der Waals surface area contributed by atoms with Gasteiger partial charge in [0.2, 0.25) is 0 Å². The van der Waals surface area contributed by atoms with Crippen LogP contribution in [0.1, 0.15) is 7.43 Å². The Morgan fingerprint density at radius 1 is 0.957 bits per heavy atom. The molecule has 0 aliphatic carbocycles. The van der Waals surface area contributed by atoms with E-state index >= 15 is 0 Å². The van der Waals surface area contributed by atoms with Gasteiger partial charge < -0.3 is 19.8 Å². The molecule has 0 bridgehead atoms. The fourth-order valence-electron chi connectivity index (χ4n) is 0.371. The molecule has 0 saturated carbocycles. The van der Waals surface area contributed by atoms with E-state index in [0.29, 0.717) is 0 Å². The van der Waals surface area contributed by atoms with Crippen molar-refractivity contribution in [2.75, 3.05) is 0 Å². The van der Waals surface area contributed by atoms with Gasteiger partial charge in [0.15, 0.2) is 0 Å². The third kappa shape index (κ3) is 20.6. The first-order valence-corrected chi connectivity index (χ1v) is 4.46. The maximum atomic E-state index is 11.9. The average Bonchev–Trinajstić information content (AvgIpc) is 2.28. The van der Waals surface area contributed by atoms with Crippen molar-refractivity contribution in [1.29, 1.82) is 0 Å². The van der Waals surface area contributed by atoms with Crippen LogP contribution >= 0.6 is 0 Å². The van der Waals surface area contributed by atoms with E-state index in [9.17, 15) is 30.7 Å². The van der Waals surface area contributed by atoms with E-state index in [-0.39, 0.29) is 40.5 Å². The summed E-state index contributed by atoms with van der Waals surface area (Å²) >= 11 is 0. The van der Waals surface area contributed by atoms with Crippen molar-refractivity contribution in [3.05, 3.63) is 36.1 Å². The zero-order valence-electron chi connectivity index (χ0n) is 10.1. The van der Waals surface area contributed by atoms with E-state index in [1.807, 2.05) is 0 Å². The predicted octanol–water partition coefficient (Wildman–Crippen LogP) is 0.478.